The van der Waals surface area contributed by atoms with Crippen molar-refractivity contribution in [2.75, 3.05) is 30.8 Å². The molecular formula is C13H21N3O. The van der Waals surface area contributed by atoms with Gasteiger partial charge in [-0.2, -0.15) is 0 Å². The molecule has 2 rings (SSSR count). The van der Waals surface area contributed by atoms with E-state index in [4.69, 9.17) is 10.5 Å². The molecule has 94 valence electrons. The Hall–Kier alpha value is -1.42. The lowest BCUT2D eigenvalue weighted by Crippen LogP contribution is -2.54. The van der Waals surface area contributed by atoms with Crippen molar-refractivity contribution in [2.24, 2.45) is 0 Å². The molecule has 0 spiro atoms. The lowest BCUT2D eigenvalue weighted by Gasteiger charge is -2.38. The van der Waals surface area contributed by atoms with Crippen molar-refractivity contribution in [3.8, 4) is 5.75 Å². The molecule has 0 bridgehead atoms. The van der Waals surface area contributed by atoms with Gasteiger partial charge >= 0.3 is 0 Å². The van der Waals surface area contributed by atoms with Gasteiger partial charge in [0.15, 0.2) is 0 Å². The van der Waals surface area contributed by atoms with Crippen LogP contribution in [0.1, 0.15) is 13.8 Å². The van der Waals surface area contributed by atoms with Gasteiger partial charge in [-0.05, 0) is 32.0 Å². The Morgan fingerprint density at radius 1 is 1.29 bits per heavy atom. The minimum Gasteiger partial charge on any atom is -0.495 e. The standard InChI is InChI=1S/C13H21N3O/c1-9-7-16(8-10(2)15-9)12-6-11(14)4-5-13(12)17-3/h4-6,9-10,15H,7-8,14H2,1-3H3. The second kappa shape index (κ2) is 4.84. The fourth-order valence-corrected chi connectivity index (χ4v) is 2.48. The van der Waals surface area contributed by atoms with Crippen molar-refractivity contribution in [1.82, 2.24) is 5.32 Å². The van der Waals surface area contributed by atoms with Crippen LogP contribution < -0.4 is 20.7 Å². The van der Waals surface area contributed by atoms with Crippen LogP contribution >= 0.6 is 0 Å². The highest BCUT2D eigenvalue weighted by molar-refractivity contribution is 5.65. The summed E-state index contributed by atoms with van der Waals surface area (Å²) in [5.41, 5.74) is 7.73. The molecule has 1 fully saturated rings. The number of hydrogen-bond acceptors (Lipinski definition) is 4. The zero-order valence-electron chi connectivity index (χ0n) is 10.7. The molecule has 1 aromatic rings. The highest BCUT2D eigenvalue weighted by atomic mass is 16.5. The molecule has 2 unspecified atom stereocenters. The molecule has 1 aliphatic heterocycles. The number of nitrogen functional groups attached to an aromatic ring is 1. The van der Waals surface area contributed by atoms with Crippen molar-refractivity contribution >= 4 is 11.4 Å². The number of rotatable bonds is 2. The van der Waals surface area contributed by atoms with E-state index in [-0.39, 0.29) is 0 Å². The predicted octanol–water partition coefficient (Wildman–Crippen LogP) is 1.46. The van der Waals surface area contributed by atoms with Crippen LogP contribution in [0.15, 0.2) is 18.2 Å². The number of anilines is 2. The quantitative estimate of drug-likeness (QED) is 0.762. The maximum Gasteiger partial charge on any atom is 0.142 e. The third-order valence-corrected chi connectivity index (χ3v) is 3.10. The monoisotopic (exact) mass is 235 g/mol. The number of hydrogen-bond donors (Lipinski definition) is 2. The second-order valence-electron chi connectivity index (χ2n) is 4.81. The first-order valence-corrected chi connectivity index (χ1v) is 6.04. The SMILES string of the molecule is COc1ccc(N)cc1N1CC(C)NC(C)C1. The lowest BCUT2D eigenvalue weighted by molar-refractivity contribution is 0.391. The second-order valence-corrected chi connectivity index (χ2v) is 4.81. The number of benzene rings is 1. The summed E-state index contributed by atoms with van der Waals surface area (Å²) in [6.45, 7) is 6.34. The molecular weight excluding hydrogens is 214 g/mol. The molecule has 0 aromatic heterocycles. The molecule has 4 nitrogen and oxygen atoms in total. The fraction of sp³-hybridized carbons (Fsp3) is 0.538. The summed E-state index contributed by atoms with van der Waals surface area (Å²) in [5, 5.41) is 3.52. The number of nitrogens with two attached hydrogens (primary N) is 1. The summed E-state index contributed by atoms with van der Waals surface area (Å²) in [4.78, 5) is 2.33. The molecule has 0 radical (unpaired) electrons. The van der Waals surface area contributed by atoms with E-state index in [9.17, 15) is 0 Å². The van der Waals surface area contributed by atoms with Crippen LogP contribution in [0.5, 0.6) is 5.75 Å². The van der Waals surface area contributed by atoms with Gasteiger partial charge in [0.25, 0.3) is 0 Å². The average Bonchev–Trinajstić information content (AvgIpc) is 2.27. The maximum atomic E-state index is 5.86. The smallest absolute Gasteiger partial charge is 0.142 e. The van der Waals surface area contributed by atoms with Crippen molar-refractivity contribution in [2.45, 2.75) is 25.9 Å². The first-order chi connectivity index (χ1) is 8.10. The Balaban J connectivity index is 2.28. The summed E-state index contributed by atoms with van der Waals surface area (Å²) in [6, 6.07) is 6.75. The fourth-order valence-electron chi connectivity index (χ4n) is 2.48. The number of piperazine rings is 1. The molecule has 0 saturated carbocycles. The summed E-state index contributed by atoms with van der Waals surface area (Å²) >= 11 is 0. The molecule has 1 aromatic carbocycles. The first-order valence-electron chi connectivity index (χ1n) is 6.04. The third kappa shape index (κ3) is 2.64. The van der Waals surface area contributed by atoms with E-state index in [1.807, 2.05) is 18.2 Å². The summed E-state index contributed by atoms with van der Waals surface area (Å²) in [7, 11) is 1.70. The van der Waals surface area contributed by atoms with Crippen LogP contribution in [-0.2, 0) is 0 Å². The number of nitrogens with one attached hydrogen (secondary N) is 1. The summed E-state index contributed by atoms with van der Waals surface area (Å²) < 4.78 is 5.41. The molecule has 1 saturated heterocycles. The largest absolute Gasteiger partial charge is 0.495 e. The Labute approximate surface area is 103 Å². The normalized spacial score (nSPS) is 24.8. The van der Waals surface area contributed by atoms with Gasteiger partial charge in [-0.25, -0.2) is 0 Å². The van der Waals surface area contributed by atoms with E-state index >= 15 is 0 Å². The Bertz CT molecular complexity index is 384. The number of ether oxygens (including phenoxy) is 1. The number of methoxy groups -OCH3 is 1. The molecule has 3 N–H and O–H groups in total. The van der Waals surface area contributed by atoms with Crippen molar-refractivity contribution in [1.29, 1.82) is 0 Å². The van der Waals surface area contributed by atoms with E-state index in [0.29, 0.717) is 12.1 Å². The highest BCUT2D eigenvalue weighted by Crippen LogP contribution is 2.31. The van der Waals surface area contributed by atoms with E-state index < -0.39 is 0 Å². The van der Waals surface area contributed by atoms with Gasteiger partial charge in [0, 0.05) is 30.9 Å². The molecule has 0 aliphatic carbocycles. The predicted molar refractivity (Wildman–Crippen MR) is 71.7 cm³/mol. The van der Waals surface area contributed by atoms with Gasteiger partial charge in [0.1, 0.15) is 5.75 Å². The van der Waals surface area contributed by atoms with Gasteiger partial charge in [0.05, 0.1) is 12.8 Å². The minimum atomic E-state index is 0.477. The van der Waals surface area contributed by atoms with Crippen LogP contribution in [0.3, 0.4) is 0 Å². The zero-order valence-corrected chi connectivity index (χ0v) is 10.7. The van der Waals surface area contributed by atoms with Crippen molar-refractivity contribution in [3.05, 3.63) is 18.2 Å². The van der Waals surface area contributed by atoms with Gasteiger partial charge in [-0.3, -0.25) is 0 Å². The van der Waals surface area contributed by atoms with E-state index in [1.165, 1.54) is 0 Å². The van der Waals surface area contributed by atoms with Gasteiger partial charge in [0.2, 0.25) is 0 Å². The van der Waals surface area contributed by atoms with Crippen LogP contribution in [0.25, 0.3) is 0 Å². The van der Waals surface area contributed by atoms with Crippen LogP contribution in [-0.4, -0.2) is 32.3 Å². The summed E-state index contributed by atoms with van der Waals surface area (Å²) in [6.07, 6.45) is 0. The Kier molecular flexibility index (Phi) is 3.43. The van der Waals surface area contributed by atoms with Crippen LogP contribution in [0.4, 0.5) is 11.4 Å². The molecule has 1 heterocycles. The summed E-state index contributed by atoms with van der Waals surface area (Å²) in [5.74, 6) is 0.889. The molecule has 1 aliphatic rings. The molecule has 0 amide bonds. The highest BCUT2D eigenvalue weighted by Gasteiger charge is 2.23. The van der Waals surface area contributed by atoms with E-state index in [2.05, 4.69) is 24.1 Å². The topological polar surface area (TPSA) is 50.5 Å². The molecule has 4 heteroatoms. The van der Waals surface area contributed by atoms with Gasteiger partial charge < -0.3 is 20.7 Å². The number of nitrogens with zero attached hydrogens (tertiary/aromatic N) is 1. The van der Waals surface area contributed by atoms with Crippen molar-refractivity contribution in [3.63, 3.8) is 0 Å². The molecule has 17 heavy (non-hydrogen) atoms. The Morgan fingerprint density at radius 3 is 2.53 bits per heavy atom. The van der Waals surface area contributed by atoms with E-state index in [1.54, 1.807) is 7.11 Å². The van der Waals surface area contributed by atoms with Gasteiger partial charge in [-0.1, -0.05) is 0 Å². The Morgan fingerprint density at radius 2 is 1.94 bits per heavy atom. The average molecular weight is 235 g/mol. The van der Waals surface area contributed by atoms with Crippen LogP contribution in [0, 0.1) is 0 Å². The molecule has 2 atom stereocenters. The maximum absolute atomic E-state index is 5.86. The first kappa shape index (κ1) is 12.0. The minimum absolute atomic E-state index is 0.477. The third-order valence-electron chi connectivity index (χ3n) is 3.10. The van der Waals surface area contributed by atoms with Crippen molar-refractivity contribution < 1.29 is 4.74 Å². The van der Waals surface area contributed by atoms with Gasteiger partial charge in [-0.15, -0.1) is 0 Å². The van der Waals surface area contributed by atoms with E-state index in [0.717, 1.165) is 30.2 Å². The van der Waals surface area contributed by atoms with Crippen LogP contribution in [0.2, 0.25) is 0 Å². The lowest BCUT2D eigenvalue weighted by atomic mass is 10.1. The zero-order chi connectivity index (χ0) is 12.4.